The summed E-state index contributed by atoms with van der Waals surface area (Å²) in [4.78, 5) is 25.8. The van der Waals surface area contributed by atoms with Crippen LogP contribution in [0.1, 0.15) is 44.0 Å². The zero-order valence-electron chi connectivity index (χ0n) is 18.8. The first kappa shape index (κ1) is 24.0. The fourth-order valence-electron chi connectivity index (χ4n) is 3.01. The molecule has 0 aliphatic rings. The van der Waals surface area contributed by atoms with Crippen molar-refractivity contribution in [3.05, 3.63) is 64.1 Å². The van der Waals surface area contributed by atoms with Crippen LogP contribution >= 0.6 is 23.1 Å². The van der Waals surface area contributed by atoms with Gasteiger partial charge in [0.15, 0.2) is 5.16 Å². The number of rotatable bonds is 8. The van der Waals surface area contributed by atoms with Gasteiger partial charge in [0.1, 0.15) is 5.82 Å². The van der Waals surface area contributed by atoms with Gasteiger partial charge in [0, 0.05) is 23.4 Å². The highest BCUT2D eigenvalue weighted by atomic mass is 32.2. The van der Waals surface area contributed by atoms with Crippen molar-refractivity contribution in [2.24, 2.45) is 0 Å². The predicted octanol–water partition coefficient (Wildman–Crippen LogP) is 4.28. The summed E-state index contributed by atoms with van der Waals surface area (Å²) in [6.45, 7) is 8.05. The highest BCUT2D eigenvalue weighted by Gasteiger charge is 2.23. The number of hydrogen-bond acceptors (Lipinski definition) is 6. The monoisotopic (exact) mass is 471 g/mol. The summed E-state index contributed by atoms with van der Waals surface area (Å²) in [6.07, 6.45) is 1.52. The van der Waals surface area contributed by atoms with Gasteiger partial charge in [0.05, 0.1) is 5.25 Å². The van der Waals surface area contributed by atoms with E-state index in [1.165, 1.54) is 22.2 Å². The third kappa shape index (κ3) is 7.20. The van der Waals surface area contributed by atoms with Crippen LogP contribution in [0.15, 0.2) is 53.0 Å². The molecule has 0 spiro atoms. The largest absolute Gasteiger partial charge is 0.333 e. The van der Waals surface area contributed by atoms with Gasteiger partial charge in [-0.3, -0.25) is 10.1 Å². The van der Waals surface area contributed by atoms with Gasteiger partial charge in [-0.15, -0.1) is 21.5 Å². The molecule has 2 N–H and O–H groups in total. The normalized spacial score (nSPS) is 12.4. The molecule has 0 saturated heterocycles. The van der Waals surface area contributed by atoms with E-state index in [-0.39, 0.29) is 5.91 Å². The molecule has 3 aromatic rings. The molecule has 7 nitrogen and oxygen atoms in total. The quantitative estimate of drug-likeness (QED) is 0.479. The number of nitrogens with one attached hydrogen (secondary N) is 2. The SMILES string of the molecule is CC(Sc1nnc(Cc2cccs2)n1CCc1ccccc1)C(=O)NC(=O)NC(C)(C)C. The van der Waals surface area contributed by atoms with E-state index in [0.29, 0.717) is 18.1 Å². The highest BCUT2D eigenvalue weighted by molar-refractivity contribution is 8.00. The molecule has 9 heteroatoms. The van der Waals surface area contributed by atoms with Crippen LogP contribution in [-0.4, -0.2) is 37.5 Å². The molecule has 0 radical (unpaired) electrons. The molecular formula is C23H29N5O2S2. The Morgan fingerprint density at radius 2 is 1.88 bits per heavy atom. The molecule has 170 valence electrons. The molecule has 1 aromatic carbocycles. The maximum absolute atomic E-state index is 12.5. The van der Waals surface area contributed by atoms with Crippen molar-refractivity contribution < 1.29 is 9.59 Å². The minimum atomic E-state index is -0.505. The number of thiophene rings is 1. The van der Waals surface area contributed by atoms with Gasteiger partial charge in [-0.05, 0) is 51.1 Å². The van der Waals surface area contributed by atoms with Crippen LogP contribution < -0.4 is 10.6 Å². The van der Waals surface area contributed by atoms with Gasteiger partial charge in [-0.1, -0.05) is 48.2 Å². The van der Waals surface area contributed by atoms with Gasteiger partial charge < -0.3 is 9.88 Å². The topological polar surface area (TPSA) is 88.9 Å². The zero-order valence-corrected chi connectivity index (χ0v) is 20.4. The summed E-state index contributed by atoms with van der Waals surface area (Å²) in [5.74, 6) is 0.498. The van der Waals surface area contributed by atoms with Crippen molar-refractivity contribution in [3.63, 3.8) is 0 Å². The molecule has 3 rings (SSSR count). The molecule has 3 amide bonds. The number of benzene rings is 1. The smallest absolute Gasteiger partial charge is 0.321 e. The molecule has 0 saturated carbocycles. The minimum absolute atomic E-state index is 0.367. The number of hydrogen-bond donors (Lipinski definition) is 2. The van der Waals surface area contributed by atoms with Gasteiger partial charge >= 0.3 is 6.03 Å². The maximum atomic E-state index is 12.5. The molecule has 0 fully saturated rings. The summed E-state index contributed by atoms with van der Waals surface area (Å²) in [5.41, 5.74) is 0.804. The highest BCUT2D eigenvalue weighted by Crippen LogP contribution is 2.25. The van der Waals surface area contributed by atoms with Crippen LogP contribution in [0.25, 0.3) is 0 Å². The lowest BCUT2D eigenvalue weighted by Crippen LogP contribution is -2.49. The van der Waals surface area contributed by atoms with Crippen LogP contribution in [0, 0.1) is 0 Å². The Morgan fingerprint density at radius 3 is 2.53 bits per heavy atom. The average Bonchev–Trinajstić information content (AvgIpc) is 3.36. The third-order valence-corrected chi connectivity index (χ3v) is 6.51. The predicted molar refractivity (Wildman–Crippen MR) is 129 cm³/mol. The molecule has 2 heterocycles. The molecule has 32 heavy (non-hydrogen) atoms. The first-order valence-corrected chi connectivity index (χ1v) is 12.3. The van der Waals surface area contributed by atoms with Gasteiger partial charge in [-0.25, -0.2) is 4.79 Å². The number of nitrogens with zero attached hydrogens (tertiary/aromatic N) is 3. The minimum Gasteiger partial charge on any atom is -0.333 e. The second-order valence-corrected chi connectivity index (χ2v) is 10.8. The van der Waals surface area contributed by atoms with Gasteiger partial charge in [-0.2, -0.15) is 0 Å². The Bertz CT molecular complexity index is 1030. The van der Waals surface area contributed by atoms with Crippen molar-refractivity contribution in [3.8, 4) is 0 Å². The summed E-state index contributed by atoms with van der Waals surface area (Å²) in [6, 6.07) is 13.9. The Balaban J connectivity index is 1.72. The van der Waals surface area contributed by atoms with Gasteiger partial charge in [0.2, 0.25) is 5.91 Å². The van der Waals surface area contributed by atoms with E-state index in [9.17, 15) is 9.59 Å². The average molecular weight is 472 g/mol. The molecule has 0 bridgehead atoms. The second kappa shape index (κ2) is 10.8. The number of carbonyl (C=O) groups excluding carboxylic acids is 2. The van der Waals surface area contributed by atoms with Crippen molar-refractivity contribution in [2.75, 3.05) is 0 Å². The van der Waals surface area contributed by atoms with Crippen LogP contribution in [0.3, 0.4) is 0 Å². The molecule has 1 atom stereocenters. The van der Waals surface area contributed by atoms with E-state index in [1.807, 2.05) is 50.4 Å². The molecule has 0 aliphatic carbocycles. The molecule has 1 unspecified atom stereocenters. The molecular weight excluding hydrogens is 442 g/mol. The lowest BCUT2D eigenvalue weighted by atomic mass is 10.1. The number of amides is 3. The van der Waals surface area contributed by atoms with Crippen LogP contribution in [0.5, 0.6) is 0 Å². The maximum Gasteiger partial charge on any atom is 0.321 e. The summed E-state index contributed by atoms with van der Waals surface area (Å²) >= 11 is 2.99. The Kier molecular flexibility index (Phi) is 8.09. The van der Waals surface area contributed by atoms with E-state index >= 15 is 0 Å². The number of carbonyl (C=O) groups is 2. The van der Waals surface area contributed by atoms with E-state index in [2.05, 4.69) is 43.6 Å². The summed E-state index contributed by atoms with van der Waals surface area (Å²) in [5, 5.41) is 16.1. The number of aromatic nitrogens is 3. The molecule has 2 aromatic heterocycles. The van der Waals surface area contributed by atoms with E-state index < -0.39 is 16.8 Å². The first-order valence-electron chi connectivity index (χ1n) is 10.5. The number of aryl methyl sites for hydroxylation is 1. The van der Waals surface area contributed by atoms with E-state index in [4.69, 9.17) is 0 Å². The van der Waals surface area contributed by atoms with E-state index in [0.717, 1.165) is 12.2 Å². The lowest BCUT2D eigenvalue weighted by molar-refractivity contribution is -0.119. The van der Waals surface area contributed by atoms with E-state index in [1.54, 1.807) is 18.3 Å². The zero-order chi connectivity index (χ0) is 23.1. The Labute approximate surface area is 197 Å². The summed E-state index contributed by atoms with van der Waals surface area (Å²) < 4.78 is 2.08. The van der Waals surface area contributed by atoms with Crippen molar-refractivity contribution in [1.29, 1.82) is 0 Å². The number of imide groups is 1. The molecule has 0 aliphatic heterocycles. The Morgan fingerprint density at radius 1 is 1.12 bits per heavy atom. The first-order chi connectivity index (χ1) is 15.2. The second-order valence-electron chi connectivity index (χ2n) is 8.50. The van der Waals surface area contributed by atoms with Crippen molar-refractivity contribution in [1.82, 2.24) is 25.4 Å². The van der Waals surface area contributed by atoms with Crippen molar-refractivity contribution >= 4 is 35.0 Å². The van der Waals surface area contributed by atoms with Gasteiger partial charge in [0.25, 0.3) is 0 Å². The van der Waals surface area contributed by atoms with Crippen LogP contribution in [0.2, 0.25) is 0 Å². The number of thioether (sulfide) groups is 1. The fraction of sp³-hybridized carbons (Fsp3) is 0.391. The lowest BCUT2D eigenvalue weighted by Gasteiger charge is -2.21. The van der Waals surface area contributed by atoms with Crippen LogP contribution in [0.4, 0.5) is 4.79 Å². The standard InChI is InChI=1S/C23H29N5O2S2/c1-16(20(29)24-21(30)25-23(2,3)4)32-22-27-26-19(15-18-11-8-14-31-18)28(22)13-12-17-9-6-5-7-10-17/h5-11,14,16H,12-13,15H2,1-4H3,(H2,24,25,29,30). The Hall–Kier alpha value is -2.65. The number of urea groups is 1. The van der Waals surface area contributed by atoms with Crippen molar-refractivity contribution in [2.45, 2.75) is 63.0 Å². The summed E-state index contributed by atoms with van der Waals surface area (Å²) in [7, 11) is 0. The third-order valence-electron chi connectivity index (χ3n) is 4.55. The van der Waals surface area contributed by atoms with Crippen LogP contribution in [-0.2, 0) is 24.2 Å². The fourth-order valence-corrected chi connectivity index (χ4v) is 4.61.